The van der Waals surface area contributed by atoms with Crippen molar-refractivity contribution in [2.45, 2.75) is 63.9 Å². The Morgan fingerprint density at radius 3 is 2.74 bits per heavy atom. The second kappa shape index (κ2) is 6.68. The van der Waals surface area contributed by atoms with Crippen LogP contribution in [0.3, 0.4) is 0 Å². The lowest BCUT2D eigenvalue weighted by Gasteiger charge is -2.20. The van der Waals surface area contributed by atoms with E-state index in [2.05, 4.69) is 6.92 Å². The molecule has 5 heteroatoms. The first-order chi connectivity index (χ1) is 9.17. The molecule has 0 aromatic carbocycles. The smallest absolute Gasteiger partial charge is 0.309 e. The molecule has 0 spiro atoms. The highest BCUT2D eigenvalue weighted by atomic mass is 16.6. The Morgan fingerprint density at radius 1 is 1.32 bits per heavy atom. The van der Waals surface area contributed by atoms with Gasteiger partial charge in [0.1, 0.15) is 18.3 Å². The summed E-state index contributed by atoms with van der Waals surface area (Å²) in [6, 6.07) is 0. The van der Waals surface area contributed by atoms with Crippen LogP contribution in [-0.2, 0) is 19.0 Å². The van der Waals surface area contributed by atoms with Crippen LogP contribution in [0.4, 0.5) is 0 Å². The Balaban J connectivity index is 1.85. The van der Waals surface area contributed by atoms with Gasteiger partial charge >= 0.3 is 5.97 Å². The van der Waals surface area contributed by atoms with Crippen molar-refractivity contribution in [1.82, 2.24) is 0 Å². The summed E-state index contributed by atoms with van der Waals surface area (Å²) >= 11 is 0. The molecule has 1 unspecified atom stereocenters. The zero-order valence-electron chi connectivity index (χ0n) is 11.7. The van der Waals surface area contributed by atoms with Crippen LogP contribution in [0, 0.1) is 5.92 Å². The van der Waals surface area contributed by atoms with Gasteiger partial charge in [-0.2, -0.15) is 0 Å². The number of rotatable bonds is 6. The van der Waals surface area contributed by atoms with Gasteiger partial charge < -0.3 is 19.3 Å². The van der Waals surface area contributed by atoms with E-state index in [4.69, 9.17) is 14.2 Å². The normalized spacial score (nSPS) is 35.1. The number of esters is 1. The van der Waals surface area contributed by atoms with E-state index in [0.29, 0.717) is 6.61 Å². The first kappa shape index (κ1) is 14.8. The van der Waals surface area contributed by atoms with Crippen LogP contribution in [0.1, 0.15) is 39.5 Å². The van der Waals surface area contributed by atoms with E-state index in [1.165, 1.54) is 0 Å². The summed E-state index contributed by atoms with van der Waals surface area (Å²) in [5, 5.41) is 9.63. The second-order valence-corrected chi connectivity index (χ2v) is 5.39. The summed E-state index contributed by atoms with van der Waals surface area (Å²) in [6.07, 6.45) is 2.17. The van der Waals surface area contributed by atoms with Gasteiger partial charge in [-0.05, 0) is 12.8 Å². The number of ether oxygens (including phenoxy) is 3. The molecular formula is C14H24O5. The van der Waals surface area contributed by atoms with Crippen LogP contribution < -0.4 is 0 Å². The summed E-state index contributed by atoms with van der Waals surface area (Å²) in [5.41, 5.74) is 0. The molecule has 5 atom stereocenters. The highest BCUT2D eigenvalue weighted by Crippen LogP contribution is 2.29. The Kier molecular flexibility index (Phi) is 5.19. The molecule has 0 aromatic rings. The molecule has 2 aliphatic rings. The molecule has 2 rings (SSSR count). The highest BCUT2D eigenvalue weighted by Gasteiger charge is 2.49. The van der Waals surface area contributed by atoms with Gasteiger partial charge in [0.2, 0.25) is 0 Å². The van der Waals surface area contributed by atoms with Crippen molar-refractivity contribution in [2.24, 2.45) is 5.92 Å². The van der Waals surface area contributed by atoms with Crippen molar-refractivity contribution in [3.63, 3.8) is 0 Å². The summed E-state index contributed by atoms with van der Waals surface area (Å²) in [6.45, 7) is 4.70. The summed E-state index contributed by atoms with van der Waals surface area (Å²) in [7, 11) is 0. The topological polar surface area (TPSA) is 65.0 Å². The van der Waals surface area contributed by atoms with Crippen molar-refractivity contribution in [3.8, 4) is 0 Å². The van der Waals surface area contributed by atoms with E-state index < -0.39 is 6.10 Å². The number of hydrogen-bond acceptors (Lipinski definition) is 5. The fourth-order valence-electron chi connectivity index (χ4n) is 2.73. The van der Waals surface area contributed by atoms with Gasteiger partial charge in [0.05, 0.1) is 19.1 Å². The van der Waals surface area contributed by atoms with Gasteiger partial charge in [0.15, 0.2) is 6.10 Å². The SMILES string of the molecule is CCCCC(CC)C(=O)O[C@H]1CO[C@H]2[C@@H]1OC[C@H]2O. The van der Waals surface area contributed by atoms with Crippen LogP contribution in [0.5, 0.6) is 0 Å². The van der Waals surface area contributed by atoms with Crippen LogP contribution in [0.2, 0.25) is 0 Å². The molecule has 0 amide bonds. The third-order valence-corrected chi connectivity index (χ3v) is 3.98. The first-order valence-electron chi connectivity index (χ1n) is 7.29. The molecule has 0 aromatic heterocycles. The molecule has 110 valence electrons. The minimum absolute atomic E-state index is 0.0367. The van der Waals surface area contributed by atoms with E-state index in [1.54, 1.807) is 0 Å². The van der Waals surface area contributed by atoms with Crippen LogP contribution in [0.25, 0.3) is 0 Å². The Morgan fingerprint density at radius 2 is 2.05 bits per heavy atom. The molecule has 2 heterocycles. The lowest BCUT2D eigenvalue weighted by molar-refractivity contribution is -0.159. The Labute approximate surface area is 114 Å². The number of aliphatic hydroxyl groups excluding tert-OH is 1. The van der Waals surface area contributed by atoms with Crippen LogP contribution in [0.15, 0.2) is 0 Å². The summed E-state index contributed by atoms with van der Waals surface area (Å²) in [4.78, 5) is 12.1. The fraction of sp³-hybridized carbons (Fsp3) is 0.929. The second-order valence-electron chi connectivity index (χ2n) is 5.39. The lowest BCUT2D eigenvalue weighted by Crippen LogP contribution is -2.35. The molecule has 0 saturated carbocycles. The van der Waals surface area contributed by atoms with Gasteiger partial charge in [-0.1, -0.05) is 26.7 Å². The molecule has 2 fully saturated rings. The molecule has 0 aliphatic carbocycles. The van der Waals surface area contributed by atoms with E-state index >= 15 is 0 Å². The number of carbonyl (C=O) groups is 1. The first-order valence-corrected chi connectivity index (χ1v) is 7.29. The minimum atomic E-state index is -0.601. The maximum atomic E-state index is 12.1. The van der Waals surface area contributed by atoms with E-state index in [9.17, 15) is 9.90 Å². The minimum Gasteiger partial charge on any atom is -0.457 e. The number of unbranched alkanes of at least 4 members (excludes halogenated alkanes) is 1. The largest absolute Gasteiger partial charge is 0.457 e. The molecule has 5 nitrogen and oxygen atoms in total. The molecule has 0 bridgehead atoms. The van der Waals surface area contributed by atoms with Gasteiger partial charge in [0, 0.05) is 0 Å². The summed E-state index contributed by atoms with van der Waals surface area (Å²) < 4.78 is 16.4. The number of hydrogen-bond donors (Lipinski definition) is 1. The van der Waals surface area contributed by atoms with Crippen molar-refractivity contribution in [2.75, 3.05) is 13.2 Å². The molecule has 19 heavy (non-hydrogen) atoms. The Bertz CT molecular complexity index is 306. The molecule has 0 radical (unpaired) electrons. The molecule has 1 N–H and O–H groups in total. The summed E-state index contributed by atoms with van der Waals surface area (Å²) in [5.74, 6) is -0.194. The number of aliphatic hydroxyl groups is 1. The lowest BCUT2D eigenvalue weighted by atomic mass is 9.99. The predicted molar refractivity (Wildman–Crippen MR) is 68.7 cm³/mol. The standard InChI is InChI=1S/C14H24O5/c1-3-5-6-9(4-2)14(16)19-11-8-18-12-10(15)7-17-13(11)12/h9-13,15H,3-8H2,1-2H3/t9?,10-,11+,12-,13-/m1/s1. The number of fused-ring (bicyclic) bond motifs is 1. The third kappa shape index (κ3) is 3.27. The predicted octanol–water partition coefficient (Wildman–Crippen LogP) is 1.27. The van der Waals surface area contributed by atoms with E-state index in [0.717, 1.165) is 25.7 Å². The monoisotopic (exact) mass is 272 g/mol. The van der Waals surface area contributed by atoms with Crippen molar-refractivity contribution in [1.29, 1.82) is 0 Å². The van der Waals surface area contributed by atoms with Gasteiger partial charge in [-0.25, -0.2) is 0 Å². The third-order valence-electron chi connectivity index (χ3n) is 3.98. The van der Waals surface area contributed by atoms with Crippen molar-refractivity contribution < 1.29 is 24.1 Å². The molecule has 2 saturated heterocycles. The van der Waals surface area contributed by atoms with Crippen LogP contribution >= 0.6 is 0 Å². The van der Waals surface area contributed by atoms with Gasteiger partial charge in [-0.3, -0.25) is 4.79 Å². The molecule has 2 aliphatic heterocycles. The average molecular weight is 272 g/mol. The quantitative estimate of drug-likeness (QED) is 0.738. The number of carbonyl (C=O) groups excluding carboxylic acids is 1. The van der Waals surface area contributed by atoms with E-state index in [-0.39, 0.29) is 36.8 Å². The molecular weight excluding hydrogens is 248 g/mol. The van der Waals surface area contributed by atoms with Crippen molar-refractivity contribution in [3.05, 3.63) is 0 Å². The average Bonchev–Trinajstić information content (AvgIpc) is 2.95. The zero-order chi connectivity index (χ0) is 13.8. The van der Waals surface area contributed by atoms with E-state index in [1.807, 2.05) is 6.92 Å². The fourth-order valence-corrected chi connectivity index (χ4v) is 2.73. The van der Waals surface area contributed by atoms with Gasteiger partial charge in [-0.15, -0.1) is 0 Å². The van der Waals surface area contributed by atoms with Crippen molar-refractivity contribution >= 4 is 5.97 Å². The maximum absolute atomic E-state index is 12.1. The van der Waals surface area contributed by atoms with Gasteiger partial charge in [0.25, 0.3) is 0 Å². The zero-order valence-corrected chi connectivity index (χ0v) is 11.7. The Hall–Kier alpha value is -0.650. The van der Waals surface area contributed by atoms with Crippen LogP contribution in [-0.4, -0.2) is 48.7 Å². The maximum Gasteiger partial charge on any atom is 0.309 e. The highest BCUT2D eigenvalue weighted by molar-refractivity contribution is 5.72.